The van der Waals surface area contributed by atoms with Gasteiger partial charge in [-0.3, -0.25) is 4.90 Å². The van der Waals surface area contributed by atoms with Gasteiger partial charge in [0.05, 0.1) is 28.4 Å². The summed E-state index contributed by atoms with van der Waals surface area (Å²) in [6, 6.07) is 12.8. The predicted octanol–water partition coefficient (Wildman–Crippen LogP) is 3.47. The fourth-order valence-corrected chi connectivity index (χ4v) is 3.98. The van der Waals surface area contributed by atoms with Crippen LogP contribution in [0.4, 0.5) is 5.69 Å². The van der Waals surface area contributed by atoms with E-state index in [0.29, 0.717) is 23.3 Å². The summed E-state index contributed by atoms with van der Waals surface area (Å²) in [6.45, 7) is 6.34. The maximum absolute atomic E-state index is 5.47. The van der Waals surface area contributed by atoms with Crippen LogP contribution in [0.2, 0.25) is 0 Å². The Labute approximate surface area is 173 Å². The van der Waals surface area contributed by atoms with Gasteiger partial charge in [-0.25, -0.2) is 0 Å². The SMILES string of the molecule is COc1cccc(N2CCN(CCc3cc(OC)c(OC)c(OC)c3)C[C@H]2C)c1. The van der Waals surface area contributed by atoms with Gasteiger partial charge in [-0.2, -0.15) is 0 Å². The van der Waals surface area contributed by atoms with Gasteiger partial charge in [0.2, 0.25) is 5.75 Å². The van der Waals surface area contributed by atoms with Crippen molar-refractivity contribution < 1.29 is 18.9 Å². The molecule has 0 aliphatic carbocycles. The largest absolute Gasteiger partial charge is 0.497 e. The zero-order valence-electron chi connectivity index (χ0n) is 18.1. The van der Waals surface area contributed by atoms with Gasteiger partial charge in [-0.05, 0) is 43.2 Å². The molecule has 0 N–H and O–H groups in total. The summed E-state index contributed by atoms with van der Waals surface area (Å²) in [5.74, 6) is 2.95. The monoisotopic (exact) mass is 400 g/mol. The second-order valence-corrected chi connectivity index (χ2v) is 7.33. The highest BCUT2D eigenvalue weighted by Gasteiger charge is 2.24. The van der Waals surface area contributed by atoms with Crippen LogP contribution in [0.15, 0.2) is 36.4 Å². The normalized spacial score (nSPS) is 17.1. The lowest BCUT2D eigenvalue weighted by Gasteiger charge is -2.41. The Morgan fingerprint density at radius 2 is 1.62 bits per heavy atom. The Bertz CT molecular complexity index is 786. The second-order valence-electron chi connectivity index (χ2n) is 7.33. The Hall–Kier alpha value is -2.60. The molecule has 0 radical (unpaired) electrons. The highest BCUT2D eigenvalue weighted by atomic mass is 16.5. The van der Waals surface area contributed by atoms with Crippen LogP contribution in [0.25, 0.3) is 0 Å². The van der Waals surface area contributed by atoms with Crippen molar-refractivity contribution in [2.75, 3.05) is 59.5 Å². The lowest BCUT2D eigenvalue weighted by Crippen LogP contribution is -2.52. The molecule has 0 amide bonds. The van der Waals surface area contributed by atoms with Crippen LogP contribution in [-0.4, -0.2) is 65.6 Å². The first-order chi connectivity index (χ1) is 14.1. The van der Waals surface area contributed by atoms with E-state index in [9.17, 15) is 0 Å². The number of hydrogen-bond acceptors (Lipinski definition) is 6. The number of anilines is 1. The van der Waals surface area contributed by atoms with Gasteiger partial charge >= 0.3 is 0 Å². The van der Waals surface area contributed by atoms with Gasteiger partial charge in [0.1, 0.15) is 5.75 Å². The van der Waals surface area contributed by atoms with Crippen molar-refractivity contribution in [3.8, 4) is 23.0 Å². The minimum atomic E-state index is 0.441. The quantitative estimate of drug-likeness (QED) is 0.676. The molecule has 6 heteroatoms. The molecule has 0 bridgehead atoms. The molecule has 0 spiro atoms. The summed E-state index contributed by atoms with van der Waals surface area (Å²) in [4.78, 5) is 4.98. The third kappa shape index (κ3) is 4.88. The fourth-order valence-electron chi connectivity index (χ4n) is 3.98. The van der Waals surface area contributed by atoms with E-state index in [1.807, 2.05) is 18.2 Å². The first kappa shape index (κ1) is 21.1. The first-order valence-corrected chi connectivity index (χ1v) is 10.0. The van der Waals surface area contributed by atoms with Gasteiger partial charge in [-0.1, -0.05) is 6.07 Å². The van der Waals surface area contributed by atoms with Crippen molar-refractivity contribution in [2.45, 2.75) is 19.4 Å². The van der Waals surface area contributed by atoms with Crippen LogP contribution < -0.4 is 23.8 Å². The zero-order chi connectivity index (χ0) is 20.8. The Morgan fingerprint density at radius 3 is 2.21 bits per heavy atom. The molecule has 2 aromatic rings. The van der Waals surface area contributed by atoms with Crippen molar-refractivity contribution in [3.05, 3.63) is 42.0 Å². The fraction of sp³-hybridized carbons (Fsp3) is 0.478. The van der Waals surface area contributed by atoms with E-state index in [1.165, 1.54) is 11.3 Å². The van der Waals surface area contributed by atoms with Crippen molar-refractivity contribution >= 4 is 5.69 Å². The molecule has 1 aliphatic rings. The average Bonchev–Trinajstić information content (AvgIpc) is 2.76. The number of piperazine rings is 1. The highest BCUT2D eigenvalue weighted by molar-refractivity contribution is 5.54. The van der Waals surface area contributed by atoms with Crippen LogP contribution >= 0.6 is 0 Å². The second kappa shape index (κ2) is 9.74. The molecule has 158 valence electrons. The van der Waals surface area contributed by atoms with Gasteiger partial charge in [0.25, 0.3) is 0 Å². The summed E-state index contributed by atoms with van der Waals surface area (Å²) < 4.78 is 21.7. The summed E-state index contributed by atoms with van der Waals surface area (Å²) in [7, 11) is 6.65. The number of hydrogen-bond donors (Lipinski definition) is 0. The minimum absolute atomic E-state index is 0.441. The Kier molecular flexibility index (Phi) is 7.09. The maximum atomic E-state index is 5.47. The van der Waals surface area contributed by atoms with Gasteiger partial charge < -0.3 is 23.8 Å². The number of methoxy groups -OCH3 is 4. The lowest BCUT2D eigenvalue weighted by atomic mass is 10.1. The standard InChI is InChI=1S/C23H32N2O4/c1-17-16-24(11-12-25(17)19-7-6-8-20(15-19)26-2)10-9-18-13-21(27-3)23(29-5)22(14-18)28-4/h6-8,13-15,17H,9-12,16H2,1-5H3/t17-/m1/s1. The summed E-state index contributed by atoms with van der Waals surface area (Å²) >= 11 is 0. The van der Waals surface area contributed by atoms with Crippen LogP contribution in [0.3, 0.4) is 0 Å². The van der Waals surface area contributed by atoms with Crippen molar-refractivity contribution in [1.29, 1.82) is 0 Å². The molecule has 1 heterocycles. The summed E-state index contributed by atoms with van der Waals surface area (Å²) in [5.41, 5.74) is 2.41. The molecule has 2 aromatic carbocycles. The third-order valence-corrected chi connectivity index (χ3v) is 5.54. The molecule has 1 saturated heterocycles. The zero-order valence-corrected chi connectivity index (χ0v) is 18.1. The molecule has 0 saturated carbocycles. The lowest BCUT2D eigenvalue weighted by molar-refractivity contribution is 0.231. The minimum Gasteiger partial charge on any atom is -0.497 e. The third-order valence-electron chi connectivity index (χ3n) is 5.54. The molecule has 1 atom stereocenters. The molecular formula is C23H32N2O4. The van der Waals surface area contributed by atoms with E-state index in [1.54, 1.807) is 28.4 Å². The summed E-state index contributed by atoms with van der Waals surface area (Å²) in [5, 5.41) is 0. The number of nitrogens with zero attached hydrogens (tertiary/aromatic N) is 2. The number of ether oxygens (including phenoxy) is 4. The Balaban J connectivity index is 1.62. The van der Waals surface area contributed by atoms with E-state index in [4.69, 9.17) is 18.9 Å². The topological polar surface area (TPSA) is 43.4 Å². The molecular weight excluding hydrogens is 368 g/mol. The maximum Gasteiger partial charge on any atom is 0.203 e. The highest BCUT2D eigenvalue weighted by Crippen LogP contribution is 2.38. The van der Waals surface area contributed by atoms with Gasteiger partial charge in [0.15, 0.2) is 11.5 Å². The van der Waals surface area contributed by atoms with Gasteiger partial charge in [0, 0.05) is 44.0 Å². The van der Waals surface area contributed by atoms with Crippen molar-refractivity contribution in [1.82, 2.24) is 4.90 Å². The molecule has 0 unspecified atom stereocenters. The average molecular weight is 401 g/mol. The van der Waals surface area contributed by atoms with Crippen molar-refractivity contribution in [2.24, 2.45) is 0 Å². The molecule has 0 aromatic heterocycles. The molecule has 1 fully saturated rings. The molecule has 3 rings (SSSR count). The molecule has 29 heavy (non-hydrogen) atoms. The number of benzene rings is 2. The van der Waals surface area contributed by atoms with E-state index in [-0.39, 0.29) is 0 Å². The summed E-state index contributed by atoms with van der Waals surface area (Å²) in [6.07, 6.45) is 0.933. The van der Waals surface area contributed by atoms with Crippen LogP contribution in [0, 0.1) is 0 Å². The first-order valence-electron chi connectivity index (χ1n) is 10.0. The van der Waals surface area contributed by atoms with E-state index in [0.717, 1.165) is 38.3 Å². The predicted molar refractivity (Wildman–Crippen MR) is 116 cm³/mol. The van der Waals surface area contributed by atoms with Gasteiger partial charge in [-0.15, -0.1) is 0 Å². The van der Waals surface area contributed by atoms with Crippen LogP contribution in [0.1, 0.15) is 12.5 Å². The smallest absolute Gasteiger partial charge is 0.203 e. The van der Waals surface area contributed by atoms with E-state index < -0.39 is 0 Å². The Morgan fingerprint density at radius 1 is 0.897 bits per heavy atom. The molecule has 1 aliphatic heterocycles. The van der Waals surface area contributed by atoms with E-state index >= 15 is 0 Å². The van der Waals surface area contributed by atoms with Crippen molar-refractivity contribution in [3.63, 3.8) is 0 Å². The van der Waals surface area contributed by atoms with E-state index in [2.05, 4.69) is 34.9 Å². The van der Waals surface area contributed by atoms with Crippen LogP contribution in [-0.2, 0) is 6.42 Å². The molecule has 6 nitrogen and oxygen atoms in total. The number of rotatable bonds is 8. The van der Waals surface area contributed by atoms with Crippen LogP contribution in [0.5, 0.6) is 23.0 Å².